The Hall–Kier alpha value is -1.73. The van der Waals surface area contributed by atoms with Crippen molar-refractivity contribution in [2.24, 2.45) is 17.8 Å². The minimum absolute atomic E-state index is 0.0710. The standard InChI is InChI=1S/C15H23N5O2/c1-8(2)11-9(3)15(22-10(11)5-21-4)20-7-19-12-13(16)17-6-18-14(12)20/h6-11,15H,5H2,1-4H3,(H2,16,17,18)/t9?,10-,11?,15-/m1/s1. The second-order valence-corrected chi connectivity index (χ2v) is 6.28. The highest BCUT2D eigenvalue weighted by Crippen LogP contribution is 2.43. The Morgan fingerprint density at radius 3 is 2.82 bits per heavy atom. The van der Waals surface area contributed by atoms with E-state index >= 15 is 0 Å². The summed E-state index contributed by atoms with van der Waals surface area (Å²) < 4.78 is 13.6. The van der Waals surface area contributed by atoms with Gasteiger partial charge in [-0.25, -0.2) is 15.0 Å². The number of imidazole rings is 1. The second kappa shape index (κ2) is 5.81. The van der Waals surface area contributed by atoms with Gasteiger partial charge in [0.15, 0.2) is 11.5 Å². The van der Waals surface area contributed by atoms with Crippen LogP contribution >= 0.6 is 0 Å². The Morgan fingerprint density at radius 1 is 1.36 bits per heavy atom. The number of nitrogen functional groups attached to an aromatic ring is 1. The van der Waals surface area contributed by atoms with E-state index in [0.29, 0.717) is 41.3 Å². The molecule has 2 aromatic rings. The first kappa shape index (κ1) is 15.2. The van der Waals surface area contributed by atoms with Crippen LogP contribution in [-0.2, 0) is 9.47 Å². The first-order valence-corrected chi connectivity index (χ1v) is 7.62. The molecule has 2 unspecified atom stereocenters. The van der Waals surface area contributed by atoms with Crippen molar-refractivity contribution in [1.82, 2.24) is 19.5 Å². The molecular formula is C15H23N5O2. The van der Waals surface area contributed by atoms with Crippen LogP contribution in [-0.4, -0.2) is 39.3 Å². The quantitative estimate of drug-likeness (QED) is 0.927. The summed E-state index contributed by atoms with van der Waals surface area (Å²) in [6, 6.07) is 0. The zero-order valence-corrected chi connectivity index (χ0v) is 13.4. The number of methoxy groups -OCH3 is 1. The predicted octanol–water partition coefficient (Wildman–Crippen LogP) is 1.86. The van der Waals surface area contributed by atoms with E-state index in [0.717, 1.165) is 0 Å². The van der Waals surface area contributed by atoms with Gasteiger partial charge in [0.05, 0.1) is 19.0 Å². The van der Waals surface area contributed by atoms with Crippen molar-refractivity contribution in [2.45, 2.75) is 33.1 Å². The smallest absolute Gasteiger partial charge is 0.167 e. The average molecular weight is 305 g/mol. The summed E-state index contributed by atoms with van der Waals surface area (Å²) in [6.07, 6.45) is 3.15. The Labute approximate surface area is 129 Å². The summed E-state index contributed by atoms with van der Waals surface area (Å²) >= 11 is 0. The van der Waals surface area contributed by atoms with Crippen molar-refractivity contribution in [3.63, 3.8) is 0 Å². The predicted molar refractivity (Wildman–Crippen MR) is 83.0 cm³/mol. The molecule has 1 aliphatic rings. The number of hydrogen-bond acceptors (Lipinski definition) is 6. The molecule has 7 nitrogen and oxygen atoms in total. The number of hydrogen-bond donors (Lipinski definition) is 1. The van der Waals surface area contributed by atoms with Gasteiger partial charge in [-0.3, -0.25) is 4.57 Å². The van der Waals surface area contributed by atoms with Crippen molar-refractivity contribution in [1.29, 1.82) is 0 Å². The Balaban J connectivity index is 1.98. The van der Waals surface area contributed by atoms with E-state index in [-0.39, 0.29) is 12.3 Å². The van der Waals surface area contributed by atoms with E-state index in [1.165, 1.54) is 6.33 Å². The van der Waals surface area contributed by atoms with Crippen LogP contribution in [0.15, 0.2) is 12.7 Å². The molecule has 120 valence electrons. The molecule has 0 spiro atoms. The molecule has 0 aliphatic carbocycles. The molecule has 4 atom stereocenters. The topological polar surface area (TPSA) is 88.1 Å². The molecule has 1 aliphatic heterocycles. The summed E-state index contributed by atoms with van der Waals surface area (Å²) in [5.41, 5.74) is 7.20. The average Bonchev–Trinajstić information content (AvgIpc) is 3.01. The van der Waals surface area contributed by atoms with Crippen LogP contribution in [0.3, 0.4) is 0 Å². The third-order valence-electron chi connectivity index (χ3n) is 4.56. The van der Waals surface area contributed by atoms with Crippen LogP contribution in [0, 0.1) is 17.8 Å². The molecule has 22 heavy (non-hydrogen) atoms. The summed E-state index contributed by atoms with van der Waals surface area (Å²) in [5.74, 6) is 1.65. The van der Waals surface area contributed by atoms with Gasteiger partial charge in [0.1, 0.15) is 18.1 Å². The molecule has 7 heteroatoms. The van der Waals surface area contributed by atoms with Gasteiger partial charge < -0.3 is 15.2 Å². The Bertz CT molecular complexity index is 656. The van der Waals surface area contributed by atoms with E-state index in [9.17, 15) is 0 Å². The maximum Gasteiger partial charge on any atom is 0.167 e. The molecule has 2 N–H and O–H groups in total. The van der Waals surface area contributed by atoms with Crippen LogP contribution in [0.5, 0.6) is 0 Å². The maximum absolute atomic E-state index is 6.28. The van der Waals surface area contributed by atoms with E-state index in [1.54, 1.807) is 13.4 Å². The van der Waals surface area contributed by atoms with Crippen LogP contribution in [0.1, 0.15) is 27.0 Å². The summed E-state index contributed by atoms with van der Waals surface area (Å²) in [6.45, 7) is 7.25. The van der Waals surface area contributed by atoms with Crippen molar-refractivity contribution < 1.29 is 9.47 Å². The number of fused-ring (bicyclic) bond motifs is 1. The van der Waals surface area contributed by atoms with Gasteiger partial charge in [-0.1, -0.05) is 20.8 Å². The molecule has 3 heterocycles. The second-order valence-electron chi connectivity index (χ2n) is 6.28. The van der Waals surface area contributed by atoms with Gasteiger partial charge in [0.25, 0.3) is 0 Å². The van der Waals surface area contributed by atoms with Crippen LogP contribution < -0.4 is 5.73 Å². The lowest BCUT2D eigenvalue weighted by Crippen LogP contribution is -2.28. The Morgan fingerprint density at radius 2 is 2.14 bits per heavy atom. The number of ether oxygens (including phenoxy) is 2. The number of aromatic nitrogens is 4. The molecule has 1 fully saturated rings. The van der Waals surface area contributed by atoms with E-state index in [2.05, 4.69) is 35.7 Å². The largest absolute Gasteiger partial charge is 0.382 e. The number of nitrogens with two attached hydrogens (primary N) is 1. The van der Waals surface area contributed by atoms with E-state index < -0.39 is 0 Å². The highest BCUT2D eigenvalue weighted by atomic mass is 16.5. The fraction of sp³-hybridized carbons (Fsp3) is 0.667. The zero-order valence-electron chi connectivity index (χ0n) is 13.4. The van der Waals surface area contributed by atoms with Gasteiger partial charge >= 0.3 is 0 Å². The first-order chi connectivity index (χ1) is 10.5. The number of anilines is 1. The maximum atomic E-state index is 6.28. The lowest BCUT2D eigenvalue weighted by molar-refractivity contribution is -0.0456. The van der Waals surface area contributed by atoms with E-state index in [4.69, 9.17) is 15.2 Å². The van der Waals surface area contributed by atoms with Gasteiger partial charge in [-0.15, -0.1) is 0 Å². The van der Waals surface area contributed by atoms with Crippen molar-refractivity contribution in [2.75, 3.05) is 19.5 Å². The summed E-state index contributed by atoms with van der Waals surface area (Å²) in [4.78, 5) is 12.6. The van der Waals surface area contributed by atoms with Crippen LogP contribution in [0.25, 0.3) is 11.2 Å². The fourth-order valence-corrected chi connectivity index (χ4v) is 3.65. The molecule has 0 bridgehead atoms. The van der Waals surface area contributed by atoms with Crippen molar-refractivity contribution >= 4 is 17.0 Å². The van der Waals surface area contributed by atoms with Gasteiger partial charge in [0, 0.05) is 13.0 Å². The first-order valence-electron chi connectivity index (χ1n) is 7.62. The normalized spacial score (nSPS) is 28.8. The minimum Gasteiger partial charge on any atom is -0.382 e. The summed E-state index contributed by atoms with van der Waals surface area (Å²) in [7, 11) is 1.71. The van der Waals surface area contributed by atoms with Gasteiger partial charge in [-0.2, -0.15) is 0 Å². The molecule has 0 radical (unpaired) electrons. The molecular weight excluding hydrogens is 282 g/mol. The number of nitrogens with zero attached hydrogens (tertiary/aromatic N) is 4. The zero-order chi connectivity index (χ0) is 15.9. The molecule has 0 amide bonds. The minimum atomic E-state index is -0.119. The lowest BCUT2D eigenvalue weighted by Gasteiger charge is -2.24. The van der Waals surface area contributed by atoms with Gasteiger partial charge in [0.2, 0.25) is 0 Å². The molecule has 3 rings (SSSR count). The van der Waals surface area contributed by atoms with E-state index in [1.807, 2.05) is 4.57 Å². The van der Waals surface area contributed by atoms with Crippen molar-refractivity contribution in [3.05, 3.63) is 12.7 Å². The summed E-state index contributed by atoms with van der Waals surface area (Å²) in [5, 5.41) is 0. The molecule has 0 saturated carbocycles. The van der Waals surface area contributed by atoms with Gasteiger partial charge in [-0.05, 0) is 11.8 Å². The fourth-order valence-electron chi connectivity index (χ4n) is 3.65. The lowest BCUT2D eigenvalue weighted by atomic mass is 9.82. The number of rotatable bonds is 4. The third-order valence-corrected chi connectivity index (χ3v) is 4.56. The molecule has 0 aromatic carbocycles. The monoisotopic (exact) mass is 305 g/mol. The Kier molecular flexibility index (Phi) is 4.01. The highest BCUT2D eigenvalue weighted by molar-refractivity contribution is 5.81. The molecule has 1 saturated heterocycles. The van der Waals surface area contributed by atoms with Crippen LogP contribution in [0.4, 0.5) is 5.82 Å². The highest BCUT2D eigenvalue weighted by Gasteiger charge is 2.44. The molecule has 2 aromatic heterocycles. The van der Waals surface area contributed by atoms with Crippen molar-refractivity contribution in [3.8, 4) is 0 Å². The third kappa shape index (κ3) is 2.34. The SMILES string of the molecule is COC[C@H]1O[C@@H](n2cnc3c(N)ncnc32)C(C)C1C(C)C. The van der Waals surface area contributed by atoms with Crippen LogP contribution in [0.2, 0.25) is 0 Å².